The number of hydrogen-bond donors (Lipinski definition) is 1. The lowest BCUT2D eigenvalue weighted by Crippen LogP contribution is -2.54. The number of hydrogen-bond acceptors (Lipinski definition) is 4. The van der Waals surface area contributed by atoms with Crippen LogP contribution in [0.1, 0.15) is 37.0 Å². The van der Waals surface area contributed by atoms with Crippen molar-refractivity contribution in [3.05, 3.63) is 130 Å². The van der Waals surface area contributed by atoms with Crippen LogP contribution < -0.4 is 9.62 Å². The third-order valence-corrected chi connectivity index (χ3v) is 9.89. The van der Waals surface area contributed by atoms with E-state index in [1.165, 1.54) is 23.1 Å². The van der Waals surface area contributed by atoms with Gasteiger partial charge in [-0.2, -0.15) is 0 Å². The third kappa shape index (κ3) is 8.79. The highest BCUT2D eigenvalue weighted by molar-refractivity contribution is 9.10. The second-order valence-electron chi connectivity index (χ2n) is 10.9. The topological polar surface area (TPSA) is 86.8 Å². The number of amides is 2. The van der Waals surface area contributed by atoms with E-state index in [1.54, 1.807) is 54.6 Å². The first-order valence-electron chi connectivity index (χ1n) is 14.7. The molecule has 1 N–H and O–H groups in total. The lowest BCUT2D eigenvalue weighted by Gasteiger charge is -2.34. The molecule has 4 aromatic carbocycles. The maximum atomic E-state index is 15.0. The minimum absolute atomic E-state index is 0.0137. The number of carbonyl (C=O) groups excluding carboxylic acids is 2. The van der Waals surface area contributed by atoms with Gasteiger partial charge in [0.05, 0.1) is 10.6 Å². The molecule has 7 nitrogen and oxygen atoms in total. The molecular weight excluding hydrogens is 657 g/mol. The highest BCUT2D eigenvalue weighted by Crippen LogP contribution is 2.27. The predicted molar refractivity (Wildman–Crippen MR) is 179 cm³/mol. The van der Waals surface area contributed by atoms with Gasteiger partial charge in [0.1, 0.15) is 18.4 Å². The second kappa shape index (κ2) is 15.3. The summed E-state index contributed by atoms with van der Waals surface area (Å²) in [5, 5.41) is 2.97. The fourth-order valence-corrected chi connectivity index (χ4v) is 6.46. The number of sulfonamides is 1. The molecular formula is C35H37BrFN3O4S. The number of aryl methyl sites for hydroxylation is 1. The van der Waals surface area contributed by atoms with Crippen molar-refractivity contribution in [2.45, 2.75) is 57.1 Å². The summed E-state index contributed by atoms with van der Waals surface area (Å²) < 4.78 is 45.0. The Kier molecular flexibility index (Phi) is 11.5. The van der Waals surface area contributed by atoms with Gasteiger partial charge in [-0.15, -0.1) is 0 Å². The van der Waals surface area contributed by atoms with Gasteiger partial charge in [0, 0.05) is 29.0 Å². The summed E-state index contributed by atoms with van der Waals surface area (Å²) in [5.41, 5.74) is 2.15. The number of nitrogens with one attached hydrogen (secondary N) is 1. The Morgan fingerprint density at radius 3 is 2.13 bits per heavy atom. The minimum atomic E-state index is -4.23. The first-order valence-corrected chi connectivity index (χ1v) is 16.9. The highest BCUT2D eigenvalue weighted by atomic mass is 79.9. The van der Waals surface area contributed by atoms with Crippen LogP contribution in [0.4, 0.5) is 10.1 Å². The lowest BCUT2D eigenvalue weighted by molar-refractivity contribution is -0.140. The molecule has 0 bridgehead atoms. The summed E-state index contributed by atoms with van der Waals surface area (Å²) >= 11 is 3.38. The number of carbonyl (C=O) groups is 2. The molecule has 236 valence electrons. The summed E-state index contributed by atoms with van der Waals surface area (Å²) in [5.74, 6) is -1.60. The Hall–Kier alpha value is -4.02. The van der Waals surface area contributed by atoms with Crippen molar-refractivity contribution >= 4 is 43.5 Å². The van der Waals surface area contributed by atoms with E-state index in [9.17, 15) is 18.0 Å². The Morgan fingerprint density at radius 1 is 0.889 bits per heavy atom. The SMILES string of the molecule is CC[C@H](C)NC(=O)[C@@H](Cc1ccccc1)N(Cc1ccccc1F)C(=O)CN(c1ccc(Br)cc1)S(=O)(=O)c1ccc(C)cc1. The average Bonchev–Trinajstić information content (AvgIpc) is 3.03. The van der Waals surface area contributed by atoms with Gasteiger partial charge < -0.3 is 10.2 Å². The molecule has 0 unspecified atom stereocenters. The van der Waals surface area contributed by atoms with Crippen LogP contribution in [0.25, 0.3) is 0 Å². The van der Waals surface area contributed by atoms with E-state index >= 15 is 4.39 Å². The zero-order valence-corrected chi connectivity index (χ0v) is 27.9. The fraction of sp³-hybridized carbons (Fsp3) is 0.257. The van der Waals surface area contributed by atoms with Crippen molar-refractivity contribution in [2.75, 3.05) is 10.8 Å². The average molecular weight is 695 g/mol. The maximum Gasteiger partial charge on any atom is 0.264 e. The first kappa shape index (κ1) is 33.9. The Bertz CT molecular complexity index is 1700. The molecule has 0 aliphatic carbocycles. The standard InChI is InChI=1S/C35H37BrFN3O4S/c1-4-26(3)38-35(42)33(22-27-10-6-5-7-11-27)39(23-28-12-8-9-13-32(28)37)34(41)24-40(30-18-16-29(36)17-19-30)45(43,44)31-20-14-25(2)15-21-31/h5-21,26,33H,4,22-24H2,1-3H3,(H,38,42)/t26-,33+/m0/s1. The van der Waals surface area contributed by atoms with Gasteiger partial charge in [-0.1, -0.05) is 89.1 Å². The van der Waals surface area contributed by atoms with Crippen molar-refractivity contribution in [1.29, 1.82) is 0 Å². The molecule has 2 amide bonds. The second-order valence-corrected chi connectivity index (χ2v) is 13.7. The Morgan fingerprint density at radius 2 is 1.51 bits per heavy atom. The number of anilines is 1. The lowest BCUT2D eigenvalue weighted by atomic mass is 10.0. The fourth-order valence-electron chi connectivity index (χ4n) is 4.78. The molecule has 0 saturated heterocycles. The third-order valence-electron chi connectivity index (χ3n) is 7.57. The van der Waals surface area contributed by atoms with Crippen LogP contribution in [0, 0.1) is 12.7 Å². The number of benzene rings is 4. The molecule has 0 heterocycles. The predicted octanol–water partition coefficient (Wildman–Crippen LogP) is 6.65. The quantitative estimate of drug-likeness (QED) is 0.170. The van der Waals surface area contributed by atoms with E-state index in [4.69, 9.17) is 0 Å². The summed E-state index contributed by atoms with van der Waals surface area (Å²) in [6.45, 7) is 4.80. The first-order chi connectivity index (χ1) is 21.5. The normalized spacial score (nSPS) is 12.6. The zero-order chi connectivity index (χ0) is 32.6. The van der Waals surface area contributed by atoms with E-state index < -0.39 is 40.2 Å². The summed E-state index contributed by atoms with van der Waals surface area (Å²) in [4.78, 5) is 29.6. The van der Waals surface area contributed by atoms with Crippen molar-refractivity contribution in [3.63, 3.8) is 0 Å². The van der Waals surface area contributed by atoms with Crippen LogP contribution in [0.5, 0.6) is 0 Å². The van der Waals surface area contributed by atoms with Gasteiger partial charge in [-0.3, -0.25) is 13.9 Å². The van der Waals surface area contributed by atoms with Crippen molar-refractivity contribution in [2.24, 2.45) is 0 Å². The molecule has 0 aromatic heterocycles. The van der Waals surface area contributed by atoms with Gasteiger partial charge >= 0.3 is 0 Å². The van der Waals surface area contributed by atoms with E-state index in [-0.39, 0.29) is 35.2 Å². The number of halogens is 2. The number of nitrogens with zero attached hydrogens (tertiary/aromatic N) is 2. The van der Waals surface area contributed by atoms with Crippen LogP contribution >= 0.6 is 15.9 Å². The maximum absolute atomic E-state index is 15.0. The molecule has 0 spiro atoms. The molecule has 4 aromatic rings. The smallest absolute Gasteiger partial charge is 0.264 e. The molecule has 2 atom stereocenters. The van der Waals surface area contributed by atoms with E-state index in [1.807, 2.05) is 51.1 Å². The summed E-state index contributed by atoms with van der Waals surface area (Å²) in [6.07, 6.45) is 0.809. The Labute approximate surface area is 273 Å². The van der Waals surface area contributed by atoms with Gasteiger partial charge in [0.2, 0.25) is 11.8 Å². The zero-order valence-electron chi connectivity index (χ0n) is 25.5. The monoisotopic (exact) mass is 693 g/mol. The van der Waals surface area contributed by atoms with Crippen LogP contribution in [0.15, 0.2) is 112 Å². The molecule has 0 fully saturated rings. The largest absolute Gasteiger partial charge is 0.352 e. The van der Waals surface area contributed by atoms with E-state index in [0.29, 0.717) is 6.42 Å². The van der Waals surface area contributed by atoms with E-state index in [0.717, 1.165) is 19.9 Å². The van der Waals surface area contributed by atoms with Gasteiger partial charge in [-0.25, -0.2) is 12.8 Å². The number of rotatable bonds is 13. The summed E-state index contributed by atoms with van der Waals surface area (Å²) in [7, 11) is -4.23. The van der Waals surface area contributed by atoms with Crippen molar-refractivity contribution in [3.8, 4) is 0 Å². The van der Waals surface area contributed by atoms with E-state index in [2.05, 4.69) is 21.2 Å². The molecule has 45 heavy (non-hydrogen) atoms. The summed E-state index contributed by atoms with van der Waals surface area (Å²) in [6, 6.07) is 27.0. The van der Waals surface area contributed by atoms with Crippen LogP contribution in [0.2, 0.25) is 0 Å². The minimum Gasteiger partial charge on any atom is -0.352 e. The van der Waals surface area contributed by atoms with Crippen LogP contribution in [-0.2, 0) is 32.6 Å². The molecule has 10 heteroatoms. The molecule has 0 radical (unpaired) electrons. The molecule has 0 saturated carbocycles. The van der Waals surface area contributed by atoms with Crippen LogP contribution in [0.3, 0.4) is 0 Å². The molecule has 0 aliphatic rings. The van der Waals surface area contributed by atoms with Gasteiger partial charge in [0.25, 0.3) is 10.0 Å². The van der Waals surface area contributed by atoms with Crippen molar-refractivity contribution in [1.82, 2.24) is 10.2 Å². The van der Waals surface area contributed by atoms with Gasteiger partial charge in [-0.05, 0) is 68.3 Å². The molecule has 4 rings (SSSR count). The van der Waals surface area contributed by atoms with Crippen molar-refractivity contribution < 1.29 is 22.4 Å². The van der Waals surface area contributed by atoms with Crippen LogP contribution in [-0.4, -0.2) is 43.8 Å². The molecule has 0 aliphatic heterocycles. The van der Waals surface area contributed by atoms with Gasteiger partial charge in [0.15, 0.2) is 0 Å². The Balaban J connectivity index is 1.81. The highest BCUT2D eigenvalue weighted by Gasteiger charge is 2.35.